The van der Waals surface area contributed by atoms with E-state index in [9.17, 15) is 4.79 Å². The molecule has 0 saturated heterocycles. The van der Waals surface area contributed by atoms with E-state index in [1.165, 1.54) is 19.3 Å². The molecule has 21 heavy (non-hydrogen) atoms. The Labute approximate surface area is 128 Å². The summed E-state index contributed by atoms with van der Waals surface area (Å²) in [6.45, 7) is 6.93. The van der Waals surface area contributed by atoms with Crippen LogP contribution in [0.25, 0.3) is 0 Å². The first-order chi connectivity index (χ1) is 10.3. The van der Waals surface area contributed by atoms with Crippen molar-refractivity contribution in [3.8, 4) is 0 Å². The van der Waals surface area contributed by atoms with Gasteiger partial charge in [-0.05, 0) is 26.7 Å². The van der Waals surface area contributed by atoms with Crippen LogP contribution in [-0.4, -0.2) is 50.8 Å². The number of amides is 1. The Balaban J connectivity index is 2.28. The SMILES string of the molecule is CCNC(=NCC(=O)NC1CCCCC1)NCCOCC. The van der Waals surface area contributed by atoms with Crippen molar-refractivity contribution in [1.82, 2.24) is 16.0 Å². The Hall–Kier alpha value is -1.30. The third kappa shape index (κ3) is 8.55. The molecule has 1 saturated carbocycles. The molecule has 0 heterocycles. The summed E-state index contributed by atoms with van der Waals surface area (Å²) < 4.78 is 5.26. The molecule has 0 spiro atoms. The van der Waals surface area contributed by atoms with Crippen molar-refractivity contribution in [3.63, 3.8) is 0 Å². The number of ether oxygens (including phenoxy) is 1. The van der Waals surface area contributed by atoms with E-state index in [4.69, 9.17) is 4.74 Å². The minimum Gasteiger partial charge on any atom is -0.380 e. The lowest BCUT2D eigenvalue weighted by Gasteiger charge is -2.22. The molecule has 1 rings (SSSR count). The third-order valence-corrected chi connectivity index (χ3v) is 3.44. The van der Waals surface area contributed by atoms with Gasteiger partial charge in [-0.1, -0.05) is 19.3 Å². The number of carbonyl (C=O) groups is 1. The standard InChI is InChI=1S/C15H30N4O2/c1-3-16-15(17-10-11-21-4-2)18-12-14(20)19-13-8-6-5-7-9-13/h13H,3-12H2,1-2H3,(H,19,20)(H2,16,17,18). The lowest BCUT2D eigenvalue weighted by Crippen LogP contribution is -2.41. The summed E-state index contributed by atoms with van der Waals surface area (Å²) in [5.74, 6) is 0.667. The van der Waals surface area contributed by atoms with Gasteiger partial charge in [-0.25, -0.2) is 4.99 Å². The average Bonchev–Trinajstić information content (AvgIpc) is 2.50. The summed E-state index contributed by atoms with van der Waals surface area (Å²) in [4.78, 5) is 16.2. The number of aliphatic imine (C=N–C) groups is 1. The minimum atomic E-state index is 0.00362. The maximum atomic E-state index is 11.9. The molecule has 0 atom stereocenters. The molecule has 1 amide bonds. The summed E-state index contributed by atoms with van der Waals surface area (Å²) in [6, 6.07) is 0.343. The summed E-state index contributed by atoms with van der Waals surface area (Å²) in [6.07, 6.45) is 5.93. The van der Waals surface area contributed by atoms with Crippen molar-refractivity contribution in [3.05, 3.63) is 0 Å². The first kappa shape index (κ1) is 17.8. The van der Waals surface area contributed by atoms with Gasteiger partial charge >= 0.3 is 0 Å². The molecule has 6 heteroatoms. The van der Waals surface area contributed by atoms with Gasteiger partial charge in [0.1, 0.15) is 6.54 Å². The van der Waals surface area contributed by atoms with E-state index in [2.05, 4.69) is 20.9 Å². The van der Waals surface area contributed by atoms with Crippen LogP contribution in [0.15, 0.2) is 4.99 Å². The Morgan fingerprint density at radius 3 is 2.62 bits per heavy atom. The van der Waals surface area contributed by atoms with E-state index in [-0.39, 0.29) is 12.5 Å². The lowest BCUT2D eigenvalue weighted by atomic mass is 9.95. The fourth-order valence-electron chi connectivity index (χ4n) is 2.40. The summed E-state index contributed by atoms with van der Waals surface area (Å²) in [7, 11) is 0. The van der Waals surface area contributed by atoms with Gasteiger partial charge in [0, 0.05) is 25.7 Å². The van der Waals surface area contributed by atoms with Crippen LogP contribution >= 0.6 is 0 Å². The zero-order valence-electron chi connectivity index (χ0n) is 13.4. The van der Waals surface area contributed by atoms with Crippen molar-refractivity contribution in [1.29, 1.82) is 0 Å². The molecule has 6 nitrogen and oxygen atoms in total. The maximum absolute atomic E-state index is 11.9. The number of hydrogen-bond donors (Lipinski definition) is 3. The van der Waals surface area contributed by atoms with Gasteiger partial charge in [0.2, 0.25) is 5.91 Å². The van der Waals surface area contributed by atoms with Crippen LogP contribution in [0, 0.1) is 0 Å². The molecule has 0 bridgehead atoms. The molecule has 1 aliphatic carbocycles. The number of nitrogens with zero attached hydrogens (tertiary/aromatic N) is 1. The summed E-state index contributed by atoms with van der Waals surface area (Å²) in [5.41, 5.74) is 0. The van der Waals surface area contributed by atoms with Crippen molar-refractivity contribution in [2.75, 3.05) is 32.8 Å². The monoisotopic (exact) mass is 298 g/mol. The molecule has 1 fully saturated rings. The molecule has 3 N–H and O–H groups in total. The van der Waals surface area contributed by atoms with Crippen LogP contribution in [0.5, 0.6) is 0 Å². The topological polar surface area (TPSA) is 74.8 Å². The van der Waals surface area contributed by atoms with Crippen LogP contribution in [0.2, 0.25) is 0 Å². The molecule has 1 aliphatic rings. The van der Waals surface area contributed by atoms with Gasteiger partial charge in [-0.3, -0.25) is 4.79 Å². The fraction of sp³-hybridized carbons (Fsp3) is 0.867. The zero-order valence-corrected chi connectivity index (χ0v) is 13.4. The van der Waals surface area contributed by atoms with Crippen molar-refractivity contribution in [2.45, 2.75) is 52.0 Å². The minimum absolute atomic E-state index is 0.00362. The molecule has 0 aliphatic heterocycles. The smallest absolute Gasteiger partial charge is 0.242 e. The number of nitrogens with one attached hydrogen (secondary N) is 3. The van der Waals surface area contributed by atoms with Crippen LogP contribution in [-0.2, 0) is 9.53 Å². The first-order valence-corrected chi connectivity index (χ1v) is 8.15. The van der Waals surface area contributed by atoms with E-state index >= 15 is 0 Å². The highest BCUT2D eigenvalue weighted by Gasteiger charge is 2.15. The number of hydrogen-bond acceptors (Lipinski definition) is 3. The summed E-state index contributed by atoms with van der Waals surface area (Å²) >= 11 is 0. The molecule has 0 aromatic rings. The van der Waals surface area contributed by atoms with Gasteiger partial charge in [0.25, 0.3) is 0 Å². The average molecular weight is 298 g/mol. The molecular weight excluding hydrogens is 268 g/mol. The number of carbonyl (C=O) groups excluding carboxylic acids is 1. The first-order valence-electron chi connectivity index (χ1n) is 8.15. The Morgan fingerprint density at radius 2 is 1.95 bits per heavy atom. The molecule has 0 aromatic carbocycles. The van der Waals surface area contributed by atoms with Gasteiger partial charge in [-0.15, -0.1) is 0 Å². The third-order valence-electron chi connectivity index (χ3n) is 3.44. The Morgan fingerprint density at radius 1 is 1.19 bits per heavy atom. The van der Waals surface area contributed by atoms with Crippen LogP contribution < -0.4 is 16.0 Å². The van der Waals surface area contributed by atoms with E-state index < -0.39 is 0 Å². The molecule has 122 valence electrons. The van der Waals surface area contributed by atoms with E-state index in [1.54, 1.807) is 0 Å². The molecule has 0 radical (unpaired) electrons. The van der Waals surface area contributed by atoms with Gasteiger partial charge in [0.15, 0.2) is 5.96 Å². The Bertz CT molecular complexity index is 315. The van der Waals surface area contributed by atoms with Crippen LogP contribution in [0.1, 0.15) is 46.0 Å². The normalized spacial score (nSPS) is 16.6. The largest absolute Gasteiger partial charge is 0.380 e. The molecule has 0 aromatic heterocycles. The second-order valence-electron chi connectivity index (χ2n) is 5.22. The van der Waals surface area contributed by atoms with E-state index in [0.717, 1.165) is 19.4 Å². The van der Waals surface area contributed by atoms with E-state index in [0.29, 0.717) is 31.8 Å². The van der Waals surface area contributed by atoms with Crippen molar-refractivity contribution < 1.29 is 9.53 Å². The lowest BCUT2D eigenvalue weighted by molar-refractivity contribution is -0.120. The Kier molecular flexibility index (Phi) is 9.61. The second-order valence-corrected chi connectivity index (χ2v) is 5.22. The molecular formula is C15H30N4O2. The number of guanidine groups is 1. The zero-order chi connectivity index (χ0) is 15.3. The highest BCUT2D eigenvalue weighted by atomic mass is 16.5. The van der Waals surface area contributed by atoms with Crippen LogP contribution in [0.3, 0.4) is 0 Å². The summed E-state index contributed by atoms with van der Waals surface area (Å²) in [5, 5.41) is 9.34. The van der Waals surface area contributed by atoms with Crippen molar-refractivity contribution in [2.24, 2.45) is 4.99 Å². The van der Waals surface area contributed by atoms with Gasteiger partial charge < -0.3 is 20.7 Å². The fourth-order valence-corrected chi connectivity index (χ4v) is 2.40. The van der Waals surface area contributed by atoms with Crippen molar-refractivity contribution >= 4 is 11.9 Å². The molecule has 0 unspecified atom stereocenters. The maximum Gasteiger partial charge on any atom is 0.242 e. The highest BCUT2D eigenvalue weighted by molar-refractivity contribution is 5.85. The van der Waals surface area contributed by atoms with Gasteiger partial charge in [-0.2, -0.15) is 0 Å². The van der Waals surface area contributed by atoms with Crippen LogP contribution in [0.4, 0.5) is 0 Å². The number of rotatable bonds is 8. The van der Waals surface area contributed by atoms with E-state index in [1.807, 2.05) is 13.8 Å². The second kappa shape index (κ2) is 11.4. The predicted octanol–water partition coefficient (Wildman–Crippen LogP) is 1.03. The van der Waals surface area contributed by atoms with Gasteiger partial charge in [0.05, 0.1) is 6.61 Å². The predicted molar refractivity (Wildman–Crippen MR) is 85.5 cm³/mol. The quantitative estimate of drug-likeness (QED) is 0.355. The highest BCUT2D eigenvalue weighted by Crippen LogP contribution is 2.17.